The maximum atomic E-state index is 12.1. The summed E-state index contributed by atoms with van der Waals surface area (Å²) in [5.74, 6) is 2.95. The van der Waals surface area contributed by atoms with Crippen LogP contribution in [-0.4, -0.2) is 19.0 Å². The van der Waals surface area contributed by atoms with Crippen LogP contribution in [0.4, 0.5) is 0 Å². The monoisotopic (exact) mass is 262 g/mol. The number of carbonyl (C=O) groups excluding carboxylic acids is 1. The first-order chi connectivity index (χ1) is 9.33. The number of piperidine rings is 1. The van der Waals surface area contributed by atoms with Gasteiger partial charge in [-0.25, -0.2) is 0 Å². The zero-order chi connectivity index (χ0) is 13.1. The van der Waals surface area contributed by atoms with Gasteiger partial charge in [-0.2, -0.15) is 0 Å². The number of rotatable bonds is 4. The second-order valence-electron chi connectivity index (χ2n) is 5.83. The topological polar surface area (TPSA) is 54.3 Å². The molecule has 2 fully saturated rings. The molecular weight excluding hydrogens is 240 g/mol. The molecule has 104 valence electrons. The molecule has 2 atom stereocenters. The Bertz CT molecular complexity index is 394. The quantitative estimate of drug-likeness (QED) is 0.871. The number of amides is 1. The molecule has 0 aromatic carbocycles. The molecule has 1 aromatic heterocycles. The summed E-state index contributed by atoms with van der Waals surface area (Å²) in [6.07, 6.45) is 6.21. The molecule has 1 saturated carbocycles. The Morgan fingerprint density at radius 3 is 2.84 bits per heavy atom. The molecule has 2 heterocycles. The maximum Gasteiger partial charge on any atom is 0.220 e. The molecule has 2 aliphatic rings. The first-order valence-corrected chi connectivity index (χ1v) is 7.32. The number of fused-ring (bicyclic) bond motifs is 2. The highest BCUT2D eigenvalue weighted by Crippen LogP contribution is 2.38. The van der Waals surface area contributed by atoms with Gasteiger partial charge in [-0.3, -0.25) is 4.79 Å². The largest absolute Gasteiger partial charge is 0.467 e. The molecule has 2 bridgehead atoms. The highest BCUT2D eigenvalue weighted by molar-refractivity contribution is 5.76. The van der Waals surface area contributed by atoms with Gasteiger partial charge < -0.3 is 15.1 Å². The Hall–Kier alpha value is -1.29. The molecule has 2 N–H and O–H groups in total. The number of furan rings is 1. The SMILES string of the molecule is O=C(CC1[C@H]2CCC[C@H]1CNC2)NCc1ccco1. The van der Waals surface area contributed by atoms with Crippen molar-refractivity contribution >= 4 is 5.91 Å². The van der Waals surface area contributed by atoms with E-state index in [9.17, 15) is 4.79 Å². The predicted molar refractivity (Wildman–Crippen MR) is 72.4 cm³/mol. The van der Waals surface area contributed by atoms with E-state index in [1.807, 2.05) is 12.1 Å². The number of nitrogens with one attached hydrogen (secondary N) is 2. The Morgan fingerprint density at radius 2 is 2.16 bits per heavy atom. The van der Waals surface area contributed by atoms with Crippen LogP contribution in [0.5, 0.6) is 0 Å². The van der Waals surface area contributed by atoms with Crippen LogP contribution in [0.1, 0.15) is 31.4 Å². The van der Waals surface area contributed by atoms with E-state index in [4.69, 9.17) is 4.42 Å². The van der Waals surface area contributed by atoms with Crippen LogP contribution in [0.25, 0.3) is 0 Å². The van der Waals surface area contributed by atoms with E-state index < -0.39 is 0 Å². The van der Waals surface area contributed by atoms with Gasteiger partial charge in [0.15, 0.2) is 0 Å². The zero-order valence-corrected chi connectivity index (χ0v) is 11.2. The Labute approximate surface area is 113 Å². The highest BCUT2D eigenvalue weighted by atomic mass is 16.3. The second-order valence-corrected chi connectivity index (χ2v) is 5.83. The lowest BCUT2D eigenvalue weighted by Gasteiger charge is -2.42. The summed E-state index contributed by atoms with van der Waals surface area (Å²) in [6.45, 7) is 2.69. The minimum absolute atomic E-state index is 0.167. The minimum Gasteiger partial charge on any atom is -0.467 e. The van der Waals surface area contributed by atoms with Crippen LogP contribution in [0.2, 0.25) is 0 Å². The molecule has 3 rings (SSSR count). The van der Waals surface area contributed by atoms with E-state index in [0.29, 0.717) is 30.7 Å². The van der Waals surface area contributed by atoms with E-state index in [0.717, 1.165) is 18.8 Å². The van der Waals surface area contributed by atoms with Crippen LogP contribution in [0.15, 0.2) is 22.8 Å². The van der Waals surface area contributed by atoms with Crippen molar-refractivity contribution < 1.29 is 9.21 Å². The third kappa shape index (κ3) is 3.00. The number of carbonyl (C=O) groups is 1. The lowest BCUT2D eigenvalue weighted by Crippen LogP contribution is -2.47. The summed E-state index contributed by atoms with van der Waals surface area (Å²) in [5.41, 5.74) is 0. The van der Waals surface area contributed by atoms with E-state index in [2.05, 4.69) is 10.6 Å². The molecule has 1 aliphatic heterocycles. The smallest absolute Gasteiger partial charge is 0.220 e. The molecular formula is C15H22N2O2. The van der Waals surface area contributed by atoms with Gasteiger partial charge in [0, 0.05) is 6.42 Å². The molecule has 1 saturated heterocycles. The predicted octanol–water partition coefficient (Wildman–Crippen LogP) is 1.92. The lowest BCUT2D eigenvalue weighted by atomic mass is 9.68. The fraction of sp³-hybridized carbons (Fsp3) is 0.667. The highest BCUT2D eigenvalue weighted by Gasteiger charge is 2.37. The normalized spacial score (nSPS) is 30.0. The first-order valence-electron chi connectivity index (χ1n) is 7.32. The van der Waals surface area contributed by atoms with Crippen molar-refractivity contribution in [2.24, 2.45) is 17.8 Å². The van der Waals surface area contributed by atoms with Gasteiger partial charge in [0.25, 0.3) is 0 Å². The second kappa shape index (κ2) is 5.78. The summed E-state index contributed by atoms with van der Waals surface area (Å²) in [4.78, 5) is 12.1. The van der Waals surface area contributed by atoms with Gasteiger partial charge in [-0.05, 0) is 55.8 Å². The van der Waals surface area contributed by atoms with Crippen LogP contribution in [-0.2, 0) is 11.3 Å². The van der Waals surface area contributed by atoms with Crippen LogP contribution in [0, 0.1) is 17.8 Å². The van der Waals surface area contributed by atoms with Gasteiger partial charge in [0.2, 0.25) is 5.91 Å². The van der Waals surface area contributed by atoms with Crippen LogP contribution >= 0.6 is 0 Å². The molecule has 1 amide bonds. The van der Waals surface area contributed by atoms with Gasteiger partial charge in [-0.1, -0.05) is 6.42 Å². The third-order valence-corrected chi connectivity index (χ3v) is 4.63. The third-order valence-electron chi connectivity index (χ3n) is 4.63. The summed E-state index contributed by atoms with van der Waals surface area (Å²) in [5, 5.41) is 6.47. The Kier molecular flexibility index (Phi) is 3.87. The molecule has 1 aromatic rings. The van der Waals surface area contributed by atoms with Crippen LogP contribution in [0.3, 0.4) is 0 Å². The summed E-state index contributed by atoms with van der Waals surface area (Å²) in [7, 11) is 0. The number of hydrogen-bond acceptors (Lipinski definition) is 3. The average Bonchev–Trinajstić information content (AvgIpc) is 2.89. The molecule has 0 radical (unpaired) electrons. The fourth-order valence-corrected chi connectivity index (χ4v) is 3.63. The van der Waals surface area contributed by atoms with Crippen molar-refractivity contribution in [3.05, 3.63) is 24.2 Å². The molecule has 1 aliphatic carbocycles. The van der Waals surface area contributed by atoms with Crippen molar-refractivity contribution in [1.82, 2.24) is 10.6 Å². The van der Waals surface area contributed by atoms with Crippen molar-refractivity contribution in [3.8, 4) is 0 Å². The van der Waals surface area contributed by atoms with Gasteiger partial charge in [0.1, 0.15) is 5.76 Å². The Morgan fingerprint density at radius 1 is 1.37 bits per heavy atom. The summed E-state index contributed by atoms with van der Waals surface area (Å²) in [6, 6.07) is 3.73. The van der Waals surface area contributed by atoms with Gasteiger partial charge in [0.05, 0.1) is 12.8 Å². The van der Waals surface area contributed by atoms with Crippen molar-refractivity contribution in [1.29, 1.82) is 0 Å². The lowest BCUT2D eigenvalue weighted by molar-refractivity contribution is -0.123. The van der Waals surface area contributed by atoms with Crippen molar-refractivity contribution in [3.63, 3.8) is 0 Å². The van der Waals surface area contributed by atoms with E-state index in [1.165, 1.54) is 19.3 Å². The van der Waals surface area contributed by atoms with E-state index in [-0.39, 0.29) is 5.91 Å². The first kappa shape index (κ1) is 12.7. The molecule has 0 unspecified atom stereocenters. The number of hydrogen-bond donors (Lipinski definition) is 2. The summed E-state index contributed by atoms with van der Waals surface area (Å²) >= 11 is 0. The minimum atomic E-state index is 0.167. The van der Waals surface area contributed by atoms with Crippen molar-refractivity contribution in [2.45, 2.75) is 32.2 Å². The summed E-state index contributed by atoms with van der Waals surface area (Å²) < 4.78 is 5.22. The van der Waals surface area contributed by atoms with Gasteiger partial charge in [-0.15, -0.1) is 0 Å². The van der Waals surface area contributed by atoms with Crippen LogP contribution < -0.4 is 10.6 Å². The average molecular weight is 262 g/mol. The molecule has 19 heavy (non-hydrogen) atoms. The van der Waals surface area contributed by atoms with Crippen molar-refractivity contribution in [2.75, 3.05) is 13.1 Å². The van der Waals surface area contributed by atoms with Gasteiger partial charge >= 0.3 is 0 Å². The standard InChI is InChI=1S/C15H22N2O2/c18-15(17-10-13-5-2-6-19-13)7-14-11-3-1-4-12(14)9-16-8-11/h2,5-6,11-12,14,16H,1,3-4,7-10H2,(H,17,18)/t11-,12-/m0/s1. The zero-order valence-electron chi connectivity index (χ0n) is 11.2. The van der Waals surface area contributed by atoms with E-state index >= 15 is 0 Å². The molecule has 4 heteroatoms. The molecule has 0 spiro atoms. The maximum absolute atomic E-state index is 12.1. The fourth-order valence-electron chi connectivity index (χ4n) is 3.63. The molecule has 4 nitrogen and oxygen atoms in total. The Balaban J connectivity index is 1.51. The van der Waals surface area contributed by atoms with E-state index in [1.54, 1.807) is 6.26 Å².